The molecule has 0 bridgehead atoms. The van der Waals surface area contributed by atoms with Gasteiger partial charge in [-0.25, -0.2) is 9.79 Å². The molecule has 0 aromatic heterocycles. The highest BCUT2D eigenvalue weighted by atomic mass is 16.6. The van der Waals surface area contributed by atoms with Gasteiger partial charge in [0.05, 0.1) is 6.04 Å². The molecule has 0 unspecified atom stereocenters. The molecular formula is C13H23N5O2. The zero-order valence-electron chi connectivity index (χ0n) is 12.6. The average molecular weight is 281 g/mol. The molecular weight excluding hydrogens is 258 g/mol. The molecule has 0 saturated carbocycles. The molecule has 1 saturated heterocycles. The number of alkyl carbamates (subject to hydrolysis) is 1. The Hall–Kier alpha value is -1.92. The fourth-order valence-corrected chi connectivity index (χ4v) is 1.88. The Morgan fingerprint density at radius 3 is 2.75 bits per heavy atom. The molecule has 0 aromatic carbocycles. The van der Waals surface area contributed by atoms with Crippen molar-refractivity contribution in [1.82, 2.24) is 10.2 Å². The van der Waals surface area contributed by atoms with Gasteiger partial charge in [-0.15, -0.1) is 5.10 Å². The van der Waals surface area contributed by atoms with Crippen molar-refractivity contribution in [1.29, 1.82) is 0 Å². The molecule has 1 fully saturated rings. The van der Waals surface area contributed by atoms with Crippen LogP contribution in [0, 0.1) is 0 Å². The van der Waals surface area contributed by atoms with E-state index in [2.05, 4.69) is 27.2 Å². The maximum Gasteiger partial charge on any atom is 0.407 e. The molecule has 0 spiro atoms. The monoisotopic (exact) mass is 281 g/mol. The predicted molar refractivity (Wildman–Crippen MR) is 80.5 cm³/mol. The van der Waals surface area contributed by atoms with Crippen LogP contribution in [-0.2, 0) is 4.74 Å². The van der Waals surface area contributed by atoms with E-state index >= 15 is 0 Å². The molecule has 1 aliphatic rings. The highest BCUT2D eigenvalue weighted by Gasteiger charge is 2.27. The van der Waals surface area contributed by atoms with E-state index in [-0.39, 0.29) is 6.04 Å². The zero-order chi connectivity index (χ0) is 15.2. The van der Waals surface area contributed by atoms with Gasteiger partial charge in [-0.3, -0.25) is 0 Å². The van der Waals surface area contributed by atoms with Gasteiger partial charge in [-0.05, 0) is 34.1 Å². The Morgan fingerprint density at radius 2 is 2.20 bits per heavy atom. The molecule has 7 heteroatoms. The smallest absolute Gasteiger partial charge is 0.407 e. The van der Waals surface area contributed by atoms with E-state index in [1.54, 1.807) is 6.21 Å². The molecule has 1 aliphatic heterocycles. The summed E-state index contributed by atoms with van der Waals surface area (Å²) in [6, 6.07) is 0.0203. The Kier molecular flexibility index (Phi) is 5.66. The van der Waals surface area contributed by atoms with Gasteiger partial charge in [0.2, 0.25) is 5.96 Å². The third kappa shape index (κ3) is 5.38. The average Bonchev–Trinajstić information content (AvgIpc) is 2.74. The standard InChI is InChI=1S/C13H23N5O2/c1-6-15-11(17-14-5)18-8-7-10(9-18)16-12(19)20-13(2,3)4/h6,10H,5,7-9H2,1-4H3,(H,16,19)/b15-6-,17-11+/t10-/m1/s1. The Bertz CT molecular complexity index is 411. The van der Waals surface area contributed by atoms with Gasteiger partial charge in [0, 0.05) is 26.0 Å². The van der Waals surface area contributed by atoms with Crippen LogP contribution in [0.4, 0.5) is 4.79 Å². The van der Waals surface area contributed by atoms with E-state index in [9.17, 15) is 4.79 Å². The lowest BCUT2D eigenvalue weighted by atomic mass is 10.2. The minimum absolute atomic E-state index is 0.0203. The van der Waals surface area contributed by atoms with Crippen LogP contribution in [0.15, 0.2) is 15.2 Å². The predicted octanol–water partition coefficient (Wildman–Crippen LogP) is 1.65. The SMILES string of the molecule is C=N/N=C(\N=C/C)N1CC[C@@H](NC(=O)OC(C)(C)C)C1. The minimum atomic E-state index is -0.492. The van der Waals surface area contributed by atoms with Crippen molar-refractivity contribution in [2.24, 2.45) is 15.2 Å². The first-order valence-electron chi connectivity index (χ1n) is 6.62. The molecule has 1 amide bonds. The maximum absolute atomic E-state index is 11.7. The molecule has 1 atom stereocenters. The fourth-order valence-electron chi connectivity index (χ4n) is 1.88. The van der Waals surface area contributed by atoms with E-state index in [0.29, 0.717) is 12.5 Å². The number of aliphatic imine (C=N–C) groups is 1. The van der Waals surface area contributed by atoms with Crippen LogP contribution in [0.1, 0.15) is 34.1 Å². The highest BCUT2D eigenvalue weighted by Crippen LogP contribution is 2.12. The summed E-state index contributed by atoms with van der Waals surface area (Å²) in [5, 5.41) is 10.2. The Morgan fingerprint density at radius 1 is 1.50 bits per heavy atom. The van der Waals surface area contributed by atoms with Gasteiger partial charge in [-0.2, -0.15) is 5.10 Å². The van der Waals surface area contributed by atoms with Crippen LogP contribution in [-0.4, -0.2) is 54.6 Å². The molecule has 0 radical (unpaired) electrons. The Labute approximate surface area is 119 Å². The van der Waals surface area contributed by atoms with E-state index in [1.165, 1.54) is 0 Å². The number of carbonyl (C=O) groups is 1. The number of ether oxygens (including phenoxy) is 1. The largest absolute Gasteiger partial charge is 0.444 e. The third-order valence-corrected chi connectivity index (χ3v) is 2.60. The summed E-state index contributed by atoms with van der Waals surface area (Å²) in [5.74, 6) is 0.510. The normalized spacial score (nSPS) is 20.3. The molecule has 0 aliphatic carbocycles. The third-order valence-electron chi connectivity index (χ3n) is 2.60. The van der Waals surface area contributed by atoms with E-state index in [1.807, 2.05) is 32.6 Å². The minimum Gasteiger partial charge on any atom is -0.444 e. The molecule has 1 N–H and O–H groups in total. The first-order chi connectivity index (χ1) is 9.35. The molecule has 1 heterocycles. The molecule has 20 heavy (non-hydrogen) atoms. The number of hydrogen-bond acceptors (Lipinski definition) is 4. The number of amides is 1. The van der Waals surface area contributed by atoms with Crippen LogP contribution in [0.2, 0.25) is 0 Å². The summed E-state index contributed by atoms with van der Waals surface area (Å²) in [6.45, 7) is 12.0. The summed E-state index contributed by atoms with van der Waals surface area (Å²) < 4.78 is 5.23. The summed E-state index contributed by atoms with van der Waals surface area (Å²) in [5.41, 5.74) is -0.492. The van der Waals surface area contributed by atoms with E-state index in [0.717, 1.165) is 13.0 Å². The number of hydrogen-bond donors (Lipinski definition) is 1. The molecule has 0 aromatic rings. The highest BCUT2D eigenvalue weighted by molar-refractivity contribution is 5.87. The first kappa shape index (κ1) is 16.1. The van der Waals surface area contributed by atoms with Gasteiger partial charge in [-0.1, -0.05) is 0 Å². The van der Waals surface area contributed by atoms with Crippen molar-refractivity contribution >= 4 is 25.0 Å². The van der Waals surface area contributed by atoms with Crippen molar-refractivity contribution in [3.8, 4) is 0 Å². The molecule has 7 nitrogen and oxygen atoms in total. The molecule has 112 valence electrons. The summed E-state index contributed by atoms with van der Waals surface area (Å²) in [6.07, 6.45) is 2.07. The zero-order valence-corrected chi connectivity index (χ0v) is 12.6. The second-order valence-corrected chi connectivity index (χ2v) is 5.51. The van der Waals surface area contributed by atoms with Crippen LogP contribution >= 0.6 is 0 Å². The van der Waals surface area contributed by atoms with Gasteiger partial charge in [0.1, 0.15) is 5.60 Å². The quantitative estimate of drug-likeness (QED) is 0.475. The topological polar surface area (TPSA) is 78.7 Å². The summed E-state index contributed by atoms with van der Waals surface area (Å²) >= 11 is 0. The van der Waals surface area contributed by atoms with E-state index in [4.69, 9.17) is 4.74 Å². The number of likely N-dealkylation sites (tertiary alicyclic amines) is 1. The summed E-state index contributed by atoms with van der Waals surface area (Å²) in [7, 11) is 0. The van der Waals surface area contributed by atoms with Gasteiger partial charge in [0.25, 0.3) is 0 Å². The number of rotatable bonds is 2. The Balaban J connectivity index is 2.53. The van der Waals surface area contributed by atoms with Crippen molar-refractivity contribution < 1.29 is 9.53 Å². The molecule has 1 rings (SSSR count). The first-order valence-corrected chi connectivity index (χ1v) is 6.62. The van der Waals surface area contributed by atoms with E-state index < -0.39 is 11.7 Å². The number of guanidine groups is 1. The second-order valence-electron chi connectivity index (χ2n) is 5.51. The number of nitrogens with one attached hydrogen (secondary N) is 1. The number of nitrogens with zero attached hydrogens (tertiary/aromatic N) is 4. The van der Waals surface area contributed by atoms with Crippen molar-refractivity contribution in [3.05, 3.63) is 0 Å². The van der Waals surface area contributed by atoms with Crippen LogP contribution in [0.5, 0.6) is 0 Å². The lowest BCUT2D eigenvalue weighted by molar-refractivity contribution is 0.0507. The summed E-state index contributed by atoms with van der Waals surface area (Å²) in [4.78, 5) is 17.8. The lowest BCUT2D eigenvalue weighted by Crippen LogP contribution is -2.41. The van der Waals surface area contributed by atoms with Crippen molar-refractivity contribution in [2.45, 2.75) is 45.8 Å². The maximum atomic E-state index is 11.7. The van der Waals surface area contributed by atoms with Gasteiger partial charge < -0.3 is 15.0 Å². The lowest BCUT2D eigenvalue weighted by Gasteiger charge is -2.22. The van der Waals surface area contributed by atoms with Crippen LogP contribution in [0.25, 0.3) is 0 Å². The van der Waals surface area contributed by atoms with Crippen molar-refractivity contribution in [2.75, 3.05) is 13.1 Å². The fraction of sp³-hybridized carbons (Fsp3) is 0.692. The van der Waals surface area contributed by atoms with Crippen molar-refractivity contribution in [3.63, 3.8) is 0 Å². The van der Waals surface area contributed by atoms with Gasteiger partial charge in [0.15, 0.2) is 0 Å². The van der Waals surface area contributed by atoms with Crippen LogP contribution in [0.3, 0.4) is 0 Å². The second kappa shape index (κ2) is 7.02. The van der Waals surface area contributed by atoms with Crippen LogP contribution < -0.4 is 5.32 Å². The van der Waals surface area contributed by atoms with Gasteiger partial charge >= 0.3 is 6.09 Å². The number of carbonyl (C=O) groups excluding carboxylic acids is 1.